The minimum absolute atomic E-state index is 0.0417. The van der Waals surface area contributed by atoms with Gasteiger partial charge in [-0.05, 0) is 17.2 Å². The van der Waals surface area contributed by atoms with Crippen LogP contribution in [-0.4, -0.2) is 19.3 Å². The SMILES string of the molecule is O=S(=O)(Cc1cccc(C(F)(F)F)c1)C[C@H](O)c1ccccc1. The normalized spacial score (nSPS) is 13.7. The maximum Gasteiger partial charge on any atom is 0.416 e. The van der Waals surface area contributed by atoms with Crippen molar-refractivity contribution in [3.63, 3.8) is 0 Å². The van der Waals surface area contributed by atoms with E-state index in [1.807, 2.05) is 0 Å². The molecule has 0 saturated carbocycles. The third-order valence-corrected chi connectivity index (χ3v) is 4.83. The molecule has 0 aliphatic carbocycles. The molecule has 0 bridgehead atoms. The van der Waals surface area contributed by atoms with E-state index in [9.17, 15) is 26.7 Å². The number of sulfone groups is 1. The molecule has 0 aliphatic rings. The Morgan fingerprint density at radius 2 is 1.65 bits per heavy atom. The van der Waals surface area contributed by atoms with Crippen LogP contribution in [0.5, 0.6) is 0 Å². The van der Waals surface area contributed by atoms with Gasteiger partial charge in [0.25, 0.3) is 0 Å². The van der Waals surface area contributed by atoms with Crippen molar-refractivity contribution < 1.29 is 26.7 Å². The van der Waals surface area contributed by atoms with Gasteiger partial charge in [-0.15, -0.1) is 0 Å². The zero-order chi connectivity index (χ0) is 17.1. The van der Waals surface area contributed by atoms with Gasteiger partial charge in [-0.2, -0.15) is 13.2 Å². The van der Waals surface area contributed by atoms with Crippen molar-refractivity contribution in [2.24, 2.45) is 0 Å². The van der Waals surface area contributed by atoms with Crippen molar-refractivity contribution in [3.05, 3.63) is 71.3 Å². The molecule has 1 atom stereocenters. The number of hydrogen-bond donors (Lipinski definition) is 1. The van der Waals surface area contributed by atoms with Crippen LogP contribution in [0.2, 0.25) is 0 Å². The molecule has 7 heteroatoms. The average Bonchev–Trinajstić information content (AvgIpc) is 2.46. The van der Waals surface area contributed by atoms with Gasteiger partial charge in [-0.1, -0.05) is 48.5 Å². The fourth-order valence-corrected chi connectivity index (χ4v) is 3.64. The Morgan fingerprint density at radius 3 is 2.26 bits per heavy atom. The molecule has 0 amide bonds. The maximum atomic E-state index is 12.6. The van der Waals surface area contributed by atoms with Crippen LogP contribution in [0.15, 0.2) is 54.6 Å². The molecule has 0 saturated heterocycles. The van der Waals surface area contributed by atoms with E-state index < -0.39 is 39.2 Å². The predicted octanol–water partition coefficient (Wildman–Crippen LogP) is 3.35. The number of aliphatic hydroxyl groups excluding tert-OH is 1. The number of hydrogen-bond acceptors (Lipinski definition) is 3. The van der Waals surface area contributed by atoms with Gasteiger partial charge in [0.1, 0.15) is 0 Å². The average molecular weight is 344 g/mol. The third kappa shape index (κ3) is 5.07. The first kappa shape index (κ1) is 17.5. The maximum absolute atomic E-state index is 12.6. The number of benzene rings is 2. The summed E-state index contributed by atoms with van der Waals surface area (Å²) < 4.78 is 62.1. The van der Waals surface area contributed by atoms with Gasteiger partial charge in [0.15, 0.2) is 9.84 Å². The van der Waals surface area contributed by atoms with Crippen molar-refractivity contribution in [2.45, 2.75) is 18.0 Å². The number of rotatable bonds is 5. The van der Waals surface area contributed by atoms with E-state index in [2.05, 4.69) is 0 Å². The zero-order valence-electron chi connectivity index (χ0n) is 12.0. The van der Waals surface area contributed by atoms with Crippen LogP contribution in [0.3, 0.4) is 0 Å². The second-order valence-electron chi connectivity index (χ2n) is 5.18. The molecule has 1 N–H and O–H groups in total. The number of halogens is 3. The summed E-state index contributed by atoms with van der Waals surface area (Å²) in [4.78, 5) is 0. The molecule has 2 rings (SSSR count). The van der Waals surface area contributed by atoms with Gasteiger partial charge in [0, 0.05) is 0 Å². The third-order valence-electron chi connectivity index (χ3n) is 3.24. The van der Waals surface area contributed by atoms with Crippen LogP contribution in [-0.2, 0) is 21.8 Å². The van der Waals surface area contributed by atoms with Crippen LogP contribution in [0, 0.1) is 0 Å². The van der Waals surface area contributed by atoms with Gasteiger partial charge < -0.3 is 5.11 Å². The summed E-state index contributed by atoms with van der Waals surface area (Å²) in [7, 11) is -3.76. The second-order valence-corrected chi connectivity index (χ2v) is 7.29. The van der Waals surface area contributed by atoms with Gasteiger partial charge in [-0.25, -0.2) is 8.42 Å². The molecule has 124 valence electrons. The van der Waals surface area contributed by atoms with E-state index >= 15 is 0 Å². The Balaban J connectivity index is 2.13. The molecule has 0 spiro atoms. The van der Waals surface area contributed by atoms with E-state index in [0.29, 0.717) is 5.56 Å². The predicted molar refractivity (Wildman–Crippen MR) is 80.3 cm³/mol. The summed E-state index contributed by atoms with van der Waals surface area (Å²) in [6.07, 6.45) is -5.74. The fraction of sp³-hybridized carbons (Fsp3) is 0.250. The Kier molecular flexibility index (Phi) is 5.11. The highest BCUT2D eigenvalue weighted by atomic mass is 32.2. The van der Waals surface area contributed by atoms with Crippen molar-refractivity contribution >= 4 is 9.84 Å². The zero-order valence-corrected chi connectivity index (χ0v) is 12.8. The molecule has 0 aliphatic heterocycles. The van der Waals surface area contributed by atoms with Gasteiger partial charge >= 0.3 is 6.18 Å². The Labute approximate surface area is 132 Å². The Hall–Kier alpha value is -1.86. The minimum Gasteiger partial charge on any atom is -0.387 e. The first-order valence-corrected chi connectivity index (χ1v) is 8.59. The topological polar surface area (TPSA) is 54.4 Å². The summed E-state index contributed by atoms with van der Waals surface area (Å²) in [5.74, 6) is -1.10. The number of alkyl halides is 3. The molecule has 0 radical (unpaired) electrons. The molecule has 0 heterocycles. The van der Waals surface area contributed by atoms with Crippen LogP contribution >= 0.6 is 0 Å². The number of aliphatic hydroxyl groups is 1. The smallest absolute Gasteiger partial charge is 0.387 e. The first-order valence-electron chi connectivity index (χ1n) is 6.77. The lowest BCUT2D eigenvalue weighted by Gasteiger charge is -2.12. The molecule has 0 aromatic heterocycles. The standard InChI is InChI=1S/C16H15F3O3S/c17-16(18,19)14-8-4-5-12(9-14)10-23(21,22)11-15(20)13-6-2-1-3-7-13/h1-9,15,20H,10-11H2/t15-/m0/s1. The van der Waals surface area contributed by atoms with Crippen molar-refractivity contribution in [1.82, 2.24) is 0 Å². The first-order chi connectivity index (χ1) is 10.7. The highest BCUT2D eigenvalue weighted by molar-refractivity contribution is 7.90. The van der Waals surface area contributed by atoms with Crippen molar-refractivity contribution in [3.8, 4) is 0 Å². The Morgan fingerprint density at radius 1 is 1.00 bits per heavy atom. The van der Waals surface area contributed by atoms with Crippen LogP contribution in [0.25, 0.3) is 0 Å². The fourth-order valence-electron chi connectivity index (χ4n) is 2.16. The summed E-state index contributed by atoms with van der Waals surface area (Å²) >= 11 is 0. The molecular weight excluding hydrogens is 329 g/mol. The van der Waals surface area contributed by atoms with E-state index in [1.54, 1.807) is 30.3 Å². The lowest BCUT2D eigenvalue weighted by molar-refractivity contribution is -0.137. The molecular formula is C16H15F3O3S. The largest absolute Gasteiger partial charge is 0.416 e. The van der Waals surface area contributed by atoms with E-state index in [-0.39, 0.29) is 5.56 Å². The lowest BCUT2D eigenvalue weighted by Crippen LogP contribution is -2.16. The highest BCUT2D eigenvalue weighted by Crippen LogP contribution is 2.30. The summed E-state index contributed by atoms with van der Waals surface area (Å²) in [5.41, 5.74) is -0.408. The minimum atomic E-state index is -4.52. The van der Waals surface area contributed by atoms with E-state index in [4.69, 9.17) is 0 Å². The van der Waals surface area contributed by atoms with Gasteiger partial charge in [-0.3, -0.25) is 0 Å². The van der Waals surface area contributed by atoms with Gasteiger partial charge in [0.2, 0.25) is 0 Å². The summed E-state index contributed by atoms with van der Waals surface area (Å²) in [6, 6.07) is 12.4. The summed E-state index contributed by atoms with van der Waals surface area (Å²) in [6.45, 7) is 0. The molecule has 23 heavy (non-hydrogen) atoms. The summed E-state index contributed by atoms with van der Waals surface area (Å²) in [5, 5.41) is 9.96. The quantitative estimate of drug-likeness (QED) is 0.905. The van der Waals surface area contributed by atoms with Crippen molar-refractivity contribution in [2.75, 3.05) is 5.75 Å². The molecule has 2 aromatic carbocycles. The molecule has 2 aromatic rings. The second kappa shape index (κ2) is 6.72. The van der Waals surface area contributed by atoms with Crippen LogP contribution in [0.1, 0.15) is 22.8 Å². The highest BCUT2D eigenvalue weighted by Gasteiger charge is 2.30. The Bertz CT molecular complexity index is 756. The lowest BCUT2D eigenvalue weighted by atomic mass is 10.1. The van der Waals surface area contributed by atoms with Crippen LogP contribution in [0.4, 0.5) is 13.2 Å². The van der Waals surface area contributed by atoms with Crippen LogP contribution < -0.4 is 0 Å². The van der Waals surface area contributed by atoms with E-state index in [1.165, 1.54) is 12.1 Å². The molecule has 0 fully saturated rings. The van der Waals surface area contributed by atoms with Crippen molar-refractivity contribution in [1.29, 1.82) is 0 Å². The molecule has 0 unspecified atom stereocenters. The monoisotopic (exact) mass is 344 g/mol. The van der Waals surface area contributed by atoms with Gasteiger partial charge in [0.05, 0.1) is 23.2 Å². The molecule has 3 nitrogen and oxygen atoms in total. The van der Waals surface area contributed by atoms with E-state index in [0.717, 1.165) is 12.1 Å².